The van der Waals surface area contributed by atoms with E-state index < -0.39 is 5.97 Å². The number of aryl methyl sites for hydroxylation is 1. The molecule has 106 valence electrons. The number of carboxylic acids is 1. The number of carboxylic acid groups (broad SMARTS) is 1. The van der Waals surface area contributed by atoms with Crippen LogP contribution in [0.4, 0.5) is 5.82 Å². The average Bonchev–Trinajstić information content (AvgIpc) is 2.96. The Morgan fingerprint density at radius 2 is 2.15 bits per heavy atom. The summed E-state index contributed by atoms with van der Waals surface area (Å²) in [6.07, 6.45) is 3.04. The highest BCUT2D eigenvalue weighted by molar-refractivity contribution is 7.09. The van der Waals surface area contributed by atoms with E-state index in [1.807, 2.05) is 13.8 Å². The molecule has 0 aromatic carbocycles. The fraction of sp³-hybridized carbons (Fsp3) is 0.385. The maximum atomic E-state index is 11.5. The fourth-order valence-corrected chi connectivity index (χ4v) is 2.56. The summed E-state index contributed by atoms with van der Waals surface area (Å²) >= 11 is 1.50. The van der Waals surface area contributed by atoms with Crippen molar-refractivity contribution < 1.29 is 9.90 Å². The van der Waals surface area contributed by atoms with Gasteiger partial charge in [0.25, 0.3) is 0 Å². The second-order valence-electron chi connectivity index (χ2n) is 4.18. The second kappa shape index (κ2) is 6.42. The first kappa shape index (κ1) is 14.4. The first-order valence-corrected chi connectivity index (χ1v) is 7.28. The average molecular weight is 292 g/mol. The number of hydrogen-bond donors (Lipinski definition) is 2. The molecule has 2 aromatic rings. The Kier molecular flexibility index (Phi) is 4.62. The largest absolute Gasteiger partial charge is 0.478 e. The first-order chi connectivity index (χ1) is 9.67. The standard InChI is InChI=1S/C13H16N4O2S/c1-3-9-10(4-2)16-17-12(11(9)13(18)19)15-6-8-5-14-7-20-8/h5,7H,3-4,6H2,1-2H3,(H,15,17)(H,18,19). The van der Waals surface area contributed by atoms with Gasteiger partial charge in [-0.15, -0.1) is 16.4 Å². The molecule has 0 spiro atoms. The maximum Gasteiger partial charge on any atom is 0.339 e. The van der Waals surface area contributed by atoms with Gasteiger partial charge in [-0.3, -0.25) is 4.98 Å². The lowest BCUT2D eigenvalue weighted by atomic mass is 10.0. The summed E-state index contributed by atoms with van der Waals surface area (Å²) in [5.41, 5.74) is 3.46. The predicted molar refractivity (Wildman–Crippen MR) is 77.2 cm³/mol. The molecule has 0 fully saturated rings. The number of nitrogens with one attached hydrogen (secondary N) is 1. The van der Waals surface area contributed by atoms with E-state index in [2.05, 4.69) is 20.5 Å². The lowest BCUT2D eigenvalue weighted by Gasteiger charge is -2.13. The van der Waals surface area contributed by atoms with Crippen LogP contribution in [0.3, 0.4) is 0 Å². The van der Waals surface area contributed by atoms with Gasteiger partial charge < -0.3 is 10.4 Å². The minimum absolute atomic E-state index is 0.226. The Morgan fingerprint density at radius 3 is 2.70 bits per heavy atom. The molecule has 0 aliphatic carbocycles. The third-order valence-electron chi connectivity index (χ3n) is 2.97. The lowest BCUT2D eigenvalue weighted by Crippen LogP contribution is -2.14. The van der Waals surface area contributed by atoms with Gasteiger partial charge in [-0.2, -0.15) is 5.10 Å². The van der Waals surface area contributed by atoms with Crippen LogP contribution in [0.1, 0.15) is 40.3 Å². The molecule has 0 aliphatic heterocycles. The van der Waals surface area contributed by atoms with Crippen LogP contribution in [-0.2, 0) is 19.4 Å². The number of anilines is 1. The van der Waals surface area contributed by atoms with E-state index in [9.17, 15) is 9.90 Å². The third-order valence-corrected chi connectivity index (χ3v) is 3.75. The quantitative estimate of drug-likeness (QED) is 0.849. The summed E-state index contributed by atoms with van der Waals surface area (Å²) in [5.74, 6) is -0.654. The third kappa shape index (κ3) is 2.93. The van der Waals surface area contributed by atoms with Crippen LogP contribution in [0.5, 0.6) is 0 Å². The molecule has 0 radical (unpaired) electrons. The van der Waals surface area contributed by atoms with Crippen LogP contribution >= 0.6 is 11.3 Å². The molecular formula is C13H16N4O2S. The van der Waals surface area contributed by atoms with Crippen LogP contribution in [0.15, 0.2) is 11.7 Å². The van der Waals surface area contributed by atoms with Gasteiger partial charge >= 0.3 is 5.97 Å². The molecular weight excluding hydrogens is 276 g/mol. The highest BCUT2D eigenvalue weighted by Crippen LogP contribution is 2.21. The summed E-state index contributed by atoms with van der Waals surface area (Å²) in [7, 11) is 0. The number of nitrogens with zero attached hydrogens (tertiary/aromatic N) is 3. The molecule has 2 heterocycles. The van der Waals surface area contributed by atoms with Crippen LogP contribution < -0.4 is 5.32 Å². The topological polar surface area (TPSA) is 88.0 Å². The van der Waals surface area contributed by atoms with E-state index >= 15 is 0 Å². The zero-order valence-corrected chi connectivity index (χ0v) is 12.2. The second-order valence-corrected chi connectivity index (χ2v) is 5.15. The Hall–Kier alpha value is -2.02. The van der Waals surface area contributed by atoms with Crippen molar-refractivity contribution in [3.8, 4) is 0 Å². The van der Waals surface area contributed by atoms with Crippen LogP contribution in [0.25, 0.3) is 0 Å². The normalized spacial score (nSPS) is 10.5. The number of rotatable bonds is 6. The van der Waals surface area contributed by atoms with E-state index in [1.165, 1.54) is 11.3 Å². The molecule has 0 bridgehead atoms. The number of carbonyl (C=O) groups is 1. The van der Waals surface area contributed by atoms with Crippen molar-refractivity contribution in [2.24, 2.45) is 0 Å². The predicted octanol–water partition coefficient (Wildman–Crippen LogP) is 2.37. The first-order valence-electron chi connectivity index (χ1n) is 6.40. The Labute approximate surface area is 120 Å². The monoisotopic (exact) mass is 292 g/mol. The van der Waals surface area contributed by atoms with Crippen molar-refractivity contribution in [1.82, 2.24) is 15.2 Å². The molecule has 0 aliphatic rings. The SMILES string of the molecule is CCc1nnc(NCc2cncs2)c(C(=O)O)c1CC. The summed E-state index contributed by atoms with van der Waals surface area (Å²) in [6, 6.07) is 0. The summed E-state index contributed by atoms with van der Waals surface area (Å²) < 4.78 is 0. The number of thiazole rings is 1. The van der Waals surface area contributed by atoms with Crippen molar-refractivity contribution in [2.75, 3.05) is 5.32 Å². The van der Waals surface area contributed by atoms with E-state index in [4.69, 9.17) is 0 Å². The zero-order valence-electron chi connectivity index (χ0n) is 11.4. The number of hydrogen-bond acceptors (Lipinski definition) is 6. The van der Waals surface area contributed by atoms with E-state index in [1.54, 1.807) is 11.7 Å². The fourth-order valence-electron chi connectivity index (χ4n) is 2.03. The molecule has 20 heavy (non-hydrogen) atoms. The zero-order chi connectivity index (χ0) is 14.5. The molecule has 0 atom stereocenters. The Morgan fingerprint density at radius 1 is 1.35 bits per heavy atom. The van der Waals surface area contributed by atoms with Gasteiger partial charge in [0.1, 0.15) is 5.56 Å². The van der Waals surface area contributed by atoms with Gasteiger partial charge in [0, 0.05) is 11.1 Å². The van der Waals surface area contributed by atoms with Crippen molar-refractivity contribution in [2.45, 2.75) is 33.2 Å². The van der Waals surface area contributed by atoms with Gasteiger partial charge in [-0.05, 0) is 18.4 Å². The minimum Gasteiger partial charge on any atom is -0.478 e. The highest BCUT2D eigenvalue weighted by Gasteiger charge is 2.20. The molecule has 2 rings (SSSR count). The van der Waals surface area contributed by atoms with Crippen molar-refractivity contribution in [3.63, 3.8) is 0 Å². The van der Waals surface area contributed by atoms with Crippen LogP contribution in [-0.4, -0.2) is 26.3 Å². The molecule has 0 saturated carbocycles. The summed E-state index contributed by atoms with van der Waals surface area (Å²) in [6.45, 7) is 4.36. The number of aromatic nitrogens is 3. The summed E-state index contributed by atoms with van der Waals surface area (Å²) in [4.78, 5) is 16.5. The number of aromatic carboxylic acids is 1. The van der Waals surface area contributed by atoms with Gasteiger partial charge in [-0.1, -0.05) is 13.8 Å². The minimum atomic E-state index is -0.974. The molecule has 0 unspecified atom stereocenters. The molecule has 2 N–H and O–H groups in total. The van der Waals surface area contributed by atoms with Gasteiger partial charge in [-0.25, -0.2) is 4.79 Å². The molecule has 2 aromatic heterocycles. The van der Waals surface area contributed by atoms with Crippen LogP contribution in [0.2, 0.25) is 0 Å². The van der Waals surface area contributed by atoms with E-state index in [-0.39, 0.29) is 5.56 Å². The van der Waals surface area contributed by atoms with Crippen molar-refractivity contribution >= 4 is 23.1 Å². The highest BCUT2D eigenvalue weighted by atomic mass is 32.1. The molecule has 6 nitrogen and oxygen atoms in total. The van der Waals surface area contributed by atoms with E-state index in [0.717, 1.165) is 16.1 Å². The lowest BCUT2D eigenvalue weighted by molar-refractivity contribution is 0.0696. The molecule has 0 amide bonds. The van der Waals surface area contributed by atoms with Crippen molar-refractivity contribution in [1.29, 1.82) is 0 Å². The van der Waals surface area contributed by atoms with Gasteiger partial charge in [0.05, 0.1) is 17.7 Å². The van der Waals surface area contributed by atoms with Gasteiger partial charge in [0.15, 0.2) is 5.82 Å². The van der Waals surface area contributed by atoms with Crippen molar-refractivity contribution in [3.05, 3.63) is 33.4 Å². The summed E-state index contributed by atoms with van der Waals surface area (Å²) in [5, 5.41) is 20.6. The molecule has 7 heteroatoms. The van der Waals surface area contributed by atoms with Gasteiger partial charge in [0.2, 0.25) is 0 Å². The molecule has 0 saturated heterocycles. The Bertz CT molecular complexity index is 599. The Balaban J connectivity index is 2.34. The maximum absolute atomic E-state index is 11.5. The van der Waals surface area contributed by atoms with E-state index in [0.29, 0.717) is 25.2 Å². The smallest absolute Gasteiger partial charge is 0.339 e. The van der Waals surface area contributed by atoms with Crippen LogP contribution in [0, 0.1) is 0 Å².